The molecule has 19 heavy (non-hydrogen) atoms. The van der Waals surface area contributed by atoms with Crippen LogP contribution >= 0.6 is 11.3 Å². The van der Waals surface area contributed by atoms with Crippen LogP contribution in [0.15, 0.2) is 29.8 Å². The summed E-state index contributed by atoms with van der Waals surface area (Å²) < 4.78 is 5.27. The number of aromatic carboxylic acids is 1. The highest BCUT2D eigenvalue weighted by Crippen LogP contribution is 2.25. The van der Waals surface area contributed by atoms with Crippen LogP contribution in [0.3, 0.4) is 0 Å². The molecule has 0 unspecified atom stereocenters. The number of aromatic nitrogens is 1. The number of thiophene rings is 1. The molecule has 2 aromatic rings. The Labute approximate surface area is 111 Å². The highest BCUT2D eigenvalue weighted by atomic mass is 32.1. The number of nitrogens with zero attached hydrogens (tertiary/aromatic N) is 2. The summed E-state index contributed by atoms with van der Waals surface area (Å²) in [6, 6.07) is 4.53. The molecule has 0 saturated carbocycles. The number of carbonyl (C=O) groups is 1. The zero-order chi connectivity index (χ0) is 13.8. The Morgan fingerprint density at radius 2 is 2.32 bits per heavy atom. The summed E-state index contributed by atoms with van der Waals surface area (Å²) in [7, 11) is 0. The molecule has 8 heteroatoms. The van der Waals surface area contributed by atoms with Crippen LogP contribution in [-0.4, -0.2) is 21.0 Å². The minimum absolute atomic E-state index is 0.00930. The van der Waals surface area contributed by atoms with Crippen LogP contribution in [0.4, 0.5) is 5.82 Å². The normalized spacial score (nSPS) is 10.1. The van der Waals surface area contributed by atoms with Crippen molar-refractivity contribution >= 4 is 23.1 Å². The van der Waals surface area contributed by atoms with Gasteiger partial charge in [-0.25, -0.2) is 4.79 Å². The van der Waals surface area contributed by atoms with Gasteiger partial charge in [0.2, 0.25) is 5.75 Å². The molecule has 0 aliphatic rings. The number of nitro groups is 1. The third kappa shape index (κ3) is 2.86. The van der Waals surface area contributed by atoms with E-state index < -0.39 is 16.7 Å². The van der Waals surface area contributed by atoms with Crippen molar-refractivity contribution in [2.75, 3.05) is 0 Å². The summed E-state index contributed by atoms with van der Waals surface area (Å²) in [5.41, 5.74) is 0.468. The van der Waals surface area contributed by atoms with Gasteiger partial charge < -0.3 is 20.0 Å². The largest absolute Gasteiger partial charge is 0.481 e. The molecule has 2 rings (SSSR count). The van der Waals surface area contributed by atoms with Crippen LogP contribution in [0, 0.1) is 10.1 Å². The maximum Gasteiger partial charge on any atom is 0.406 e. The highest BCUT2D eigenvalue weighted by Gasteiger charge is 2.17. The third-order valence-corrected chi connectivity index (χ3v) is 3.19. The van der Waals surface area contributed by atoms with E-state index in [-0.39, 0.29) is 17.2 Å². The van der Waals surface area contributed by atoms with Crippen molar-refractivity contribution in [3.05, 3.63) is 50.3 Å². The van der Waals surface area contributed by atoms with Crippen LogP contribution in [0.25, 0.3) is 0 Å². The average Bonchev–Trinajstić information content (AvgIpc) is 2.85. The second kappa shape index (κ2) is 5.44. The molecule has 0 saturated heterocycles. The molecule has 0 atom stereocenters. The van der Waals surface area contributed by atoms with Gasteiger partial charge in [0.25, 0.3) is 0 Å². The van der Waals surface area contributed by atoms with Crippen molar-refractivity contribution in [3.63, 3.8) is 0 Å². The number of pyridine rings is 1. The Balaban J connectivity index is 2.17. The minimum Gasteiger partial charge on any atom is -0.481 e. The molecule has 0 radical (unpaired) electrons. The molecule has 0 bridgehead atoms. The Morgan fingerprint density at radius 3 is 3.00 bits per heavy atom. The van der Waals surface area contributed by atoms with Gasteiger partial charge in [-0.05, 0) is 33.5 Å². The molecule has 98 valence electrons. The average molecular weight is 280 g/mol. The summed E-state index contributed by atoms with van der Waals surface area (Å²) >= 11 is 1.07. The van der Waals surface area contributed by atoms with E-state index in [0.717, 1.165) is 11.3 Å². The number of rotatable bonds is 5. The van der Waals surface area contributed by atoms with E-state index in [1.165, 1.54) is 18.3 Å². The van der Waals surface area contributed by atoms with Crippen molar-refractivity contribution in [1.82, 2.24) is 4.98 Å². The predicted molar refractivity (Wildman–Crippen MR) is 66.5 cm³/mol. The lowest BCUT2D eigenvalue weighted by Crippen LogP contribution is -2.03. The number of hydrogen-bond donors (Lipinski definition) is 1. The van der Waals surface area contributed by atoms with E-state index in [1.807, 2.05) is 0 Å². The van der Waals surface area contributed by atoms with Gasteiger partial charge in [0.1, 0.15) is 17.7 Å². The number of carboxylic acid groups (broad SMARTS) is 1. The SMILES string of the molecule is O=C(O)c1sccc1COc1cccnc1[N+](=O)[O-]. The van der Waals surface area contributed by atoms with Crippen LogP contribution < -0.4 is 4.74 Å². The maximum absolute atomic E-state index is 10.9. The molecule has 0 spiro atoms. The van der Waals surface area contributed by atoms with Crippen LogP contribution in [0.5, 0.6) is 5.75 Å². The van der Waals surface area contributed by atoms with Gasteiger partial charge in [-0.15, -0.1) is 11.3 Å². The Kier molecular flexibility index (Phi) is 3.71. The Hall–Kier alpha value is -2.48. The Morgan fingerprint density at radius 1 is 1.53 bits per heavy atom. The van der Waals surface area contributed by atoms with E-state index >= 15 is 0 Å². The van der Waals surface area contributed by atoms with Crippen molar-refractivity contribution in [2.24, 2.45) is 0 Å². The molecule has 7 nitrogen and oxygen atoms in total. The molecular weight excluding hydrogens is 272 g/mol. The second-order valence-electron chi connectivity index (χ2n) is 3.45. The standard InChI is InChI=1S/C11H8N2O5S/c14-11(15)9-7(3-5-19-9)6-18-8-2-1-4-12-10(8)13(16)17/h1-5H,6H2,(H,14,15). The topological polar surface area (TPSA) is 103 Å². The molecule has 0 aliphatic carbocycles. The summed E-state index contributed by atoms with van der Waals surface area (Å²) in [5.74, 6) is -1.43. The van der Waals surface area contributed by atoms with Gasteiger partial charge in [-0.1, -0.05) is 0 Å². The number of carboxylic acids is 1. The third-order valence-electron chi connectivity index (χ3n) is 2.25. The lowest BCUT2D eigenvalue weighted by atomic mass is 10.3. The maximum atomic E-state index is 10.9. The van der Waals surface area contributed by atoms with Crippen LogP contribution in [0.1, 0.15) is 15.2 Å². The first-order valence-corrected chi connectivity index (χ1v) is 5.99. The van der Waals surface area contributed by atoms with Crippen molar-refractivity contribution < 1.29 is 19.6 Å². The van der Waals surface area contributed by atoms with Crippen LogP contribution in [-0.2, 0) is 6.61 Å². The van der Waals surface area contributed by atoms with Gasteiger partial charge in [0.05, 0.1) is 0 Å². The molecule has 0 amide bonds. The van der Waals surface area contributed by atoms with Gasteiger partial charge >= 0.3 is 11.8 Å². The van der Waals surface area contributed by atoms with Crippen LogP contribution in [0.2, 0.25) is 0 Å². The molecule has 0 aromatic carbocycles. The van der Waals surface area contributed by atoms with Crippen molar-refractivity contribution in [3.8, 4) is 5.75 Å². The zero-order valence-corrected chi connectivity index (χ0v) is 10.3. The lowest BCUT2D eigenvalue weighted by molar-refractivity contribution is -0.390. The molecule has 0 aliphatic heterocycles. The molecule has 0 fully saturated rings. The van der Waals surface area contributed by atoms with Gasteiger partial charge in [0.15, 0.2) is 0 Å². The predicted octanol–water partition coefficient (Wildman–Crippen LogP) is 2.33. The number of hydrogen-bond acceptors (Lipinski definition) is 6. The second-order valence-corrected chi connectivity index (χ2v) is 4.37. The van der Waals surface area contributed by atoms with E-state index in [1.54, 1.807) is 11.4 Å². The first kappa shape index (κ1) is 13.0. The monoisotopic (exact) mass is 280 g/mol. The lowest BCUT2D eigenvalue weighted by Gasteiger charge is -2.05. The summed E-state index contributed by atoms with van der Waals surface area (Å²) in [4.78, 5) is 24.7. The van der Waals surface area contributed by atoms with Gasteiger partial charge in [-0.2, -0.15) is 0 Å². The highest BCUT2D eigenvalue weighted by molar-refractivity contribution is 7.12. The summed E-state index contributed by atoms with van der Waals surface area (Å²) in [6.07, 6.45) is 1.29. The minimum atomic E-state index is -1.05. The van der Waals surface area contributed by atoms with E-state index in [2.05, 4.69) is 4.98 Å². The first-order chi connectivity index (χ1) is 9.09. The fourth-order valence-corrected chi connectivity index (χ4v) is 2.17. The molecule has 2 aromatic heterocycles. The smallest absolute Gasteiger partial charge is 0.406 e. The Bertz CT molecular complexity index is 625. The van der Waals surface area contributed by atoms with Gasteiger partial charge in [-0.3, -0.25) is 0 Å². The molecular formula is C11H8N2O5S. The van der Waals surface area contributed by atoms with E-state index in [0.29, 0.717) is 5.56 Å². The van der Waals surface area contributed by atoms with E-state index in [9.17, 15) is 14.9 Å². The number of ether oxygens (including phenoxy) is 1. The first-order valence-electron chi connectivity index (χ1n) is 5.11. The fourth-order valence-electron chi connectivity index (χ4n) is 1.42. The van der Waals surface area contributed by atoms with Gasteiger partial charge in [0, 0.05) is 5.56 Å². The van der Waals surface area contributed by atoms with Crippen molar-refractivity contribution in [1.29, 1.82) is 0 Å². The van der Waals surface area contributed by atoms with Crippen molar-refractivity contribution in [2.45, 2.75) is 6.61 Å². The molecule has 2 heterocycles. The summed E-state index contributed by atoms with van der Waals surface area (Å²) in [5, 5.41) is 21.3. The van der Waals surface area contributed by atoms with E-state index in [4.69, 9.17) is 9.84 Å². The molecule has 1 N–H and O–H groups in total. The summed E-state index contributed by atoms with van der Waals surface area (Å²) in [6.45, 7) is -0.0579. The quantitative estimate of drug-likeness (QED) is 0.666. The fraction of sp³-hybridized carbons (Fsp3) is 0.0909. The zero-order valence-electron chi connectivity index (χ0n) is 9.48.